The third-order valence-electron chi connectivity index (χ3n) is 2.80. The van der Waals surface area contributed by atoms with E-state index in [1.165, 1.54) is 20.0 Å². The van der Waals surface area contributed by atoms with Gasteiger partial charge in [-0.15, -0.1) is 0 Å². The Balaban J connectivity index is 2.23. The van der Waals surface area contributed by atoms with Gasteiger partial charge in [0.05, 0.1) is 11.8 Å². The summed E-state index contributed by atoms with van der Waals surface area (Å²) in [5, 5.41) is 2.89. The molecule has 0 bridgehead atoms. The lowest BCUT2D eigenvalue weighted by molar-refractivity contribution is -0.222. The van der Waals surface area contributed by atoms with Crippen LogP contribution in [-0.4, -0.2) is 23.8 Å². The van der Waals surface area contributed by atoms with Crippen molar-refractivity contribution in [1.29, 1.82) is 0 Å². The number of hydrogen-bond acceptors (Lipinski definition) is 6. The van der Waals surface area contributed by atoms with Gasteiger partial charge < -0.3 is 19.5 Å². The molecule has 1 saturated heterocycles. The van der Waals surface area contributed by atoms with Gasteiger partial charge in [0, 0.05) is 24.5 Å². The van der Waals surface area contributed by atoms with Gasteiger partial charge in [0.2, 0.25) is 0 Å². The molecule has 6 nitrogen and oxygen atoms in total. The van der Waals surface area contributed by atoms with Gasteiger partial charge in [0.25, 0.3) is 5.79 Å². The molecule has 0 radical (unpaired) electrons. The highest BCUT2D eigenvalue weighted by molar-refractivity contribution is 9.10. The van der Waals surface area contributed by atoms with Crippen molar-refractivity contribution in [2.45, 2.75) is 39.6 Å². The van der Waals surface area contributed by atoms with Crippen LogP contribution >= 0.6 is 15.9 Å². The topological polar surface area (TPSA) is 73.9 Å². The van der Waals surface area contributed by atoms with Crippen molar-refractivity contribution < 1.29 is 23.8 Å². The second-order valence-electron chi connectivity index (χ2n) is 5.69. The maximum absolute atomic E-state index is 11.9. The van der Waals surface area contributed by atoms with Crippen LogP contribution in [0.2, 0.25) is 0 Å². The van der Waals surface area contributed by atoms with Crippen molar-refractivity contribution in [2.75, 3.05) is 5.32 Å². The van der Waals surface area contributed by atoms with Gasteiger partial charge in [-0.25, -0.2) is 9.59 Å². The molecule has 1 N–H and O–H groups in total. The number of halogens is 1. The van der Waals surface area contributed by atoms with Crippen LogP contribution in [-0.2, 0) is 19.1 Å². The molecule has 0 aliphatic carbocycles. The molecular formula is C16H18BrNO5. The minimum atomic E-state index is -1.25. The van der Waals surface area contributed by atoms with Crippen LogP contribution in [0.25, 0.3) is 0 Å². The summed E-state index contributed by atoms with van der Waals surface area (Å²) in [6, 6.07) is 5.37. The first-order chi connectivity index (χ1) is 10.7. The van der Waals surface area contributed by atoms with Crippen molar-refractivity contribution in [3.8, 4) is 5.75 Å². The average Bonchev–Trinajstić information content (AvgIpc) is 2.37. The summed E-state index contributed by atoms with van der Waals surface area (Å²) >= 11 is 3.37. The minimum absolute atomic E-state index is 0.0251. The number of rotatable bonds is 4. The molecule has 1 heterocycles. The first kappa shape index (κ1) is 17.3. The summed E-state index contributed by atoms with van der Waals surface area (Å²) in [4.78, 5) is 23.8. The number of anilines is 1. The molecule has 0 saturated carbocycles. The number of benzene rings is 1. The third kappa shape index (κ3) is 4.48. The predicted octanol–water partition coefficient (Wildman–Crippen LogP) is 3.37. The van der Waals surface area contributed by atoms with E-state index in [-0.39, 0.29) is 11.7 Å². The van der Waals surface area contributed by atoms with E-state index < -0.39 is 17.7 Å². The smallest absolute Gasteiger partial charge is 0.350 e. The Morgan fingerprint density at radius 3 is 2.39 bits per heavy atom. The third-order valence-corrected chi connectivity index (χ3v) is 3.29. The Morgan fingerprint density at radius 1 is 1.22 bits per heavy atom. The zero-order valence-electron chi connectivity index (χ0n) is 13.3. The Labute approximate surface area is 142 Å². The number of esters is 2. The van der Waals surface area contributed by atoms with E-state index in [0.717, 1.165) is 4.47 Å². The first-order valence-electron chi connectivity index (χ1n) is 7.07. The normalized spacial score (nSPS) is 16.7. The van der Waals surface area contributed by atoms with Gasteiger partial charge in [-0.2, -0.15) is 0 Å². The zero-order valence-corrected chi connectivity index (χ0v) is 14.9. The molecule has 1 aromatic carbocycles. The van der Waals surface area contributed by atoms with Gasteiger partial charge >= 0.3 is 11.9 Å². The van der Waals surface area contributed by atoms with Gasteiger partial charge in [-0.05, 0) is 32.0 Å². The van der Waals surface area contributed by atoms with Gasteiger partial charge in [0.15, 0.2) is 5.57 Å². The summed E-state index contributed by atoms with van der Waals surface area (Å²) in [6.45, 7) is 6.80. The zero-order chi connectivity index (χ0) is 17.2. The largest absolute Gasteiger partial charge is 0.489 e. The molecule has 0 amide bonds. The highest BCUT2D eigenvalue weighted by atomic mass is 79.9. The Hall–Kier alpha value is -2.02. The van der Waals surface area contributed by atoms with E-state index >= 15 is 0 Å². The molecule has 1 aliphatic rings. The number of nitrogens with one attached hydrogen (secondary N) is 1. The van der Waals surface area contributed by atoms with Gasteiger partial charge in [-0.1, -0.05) is 15.9 Å². The van der Waals surface area contributed by atoms with Gasteiger partial charge in [0.1, 0.15) is 5.75 Å². The summed E-state index contributed by atoms with van der Waals surface area (Å²) in [5.41, 5.74) is 0.405. The second-order valence-corrected chi connectivity index (χ2v) is 6.60. The molecule has 124 valence electrons. The van der Waals surface area contributed by atoms with Crippen molar-refractivity contribution >= 4 is 33.6 Å². The number of carbonyl (C=O) groups is 2. The fraction of sp³-hybridized carbons (Fsp3) is 0.375. The number of ether oxygens (including phenoxy) is 3. The Morgan fingerprint density at radius 2 is 1.83 bits per heavy atom. The first-order valence-corrected chi connectivity index (χ1v) is 7.87. The maximum atomic E-state index is 11.9. The highest BCUT2D eigenvalue weighted by Gasteiger charge is 2.38. The molecule has 0 spiro atoms. The van der Waals surface area contributed by atoms with Crippen LogP contribution in [0.3, 0.4) is 0 Å². The second kappa shape index (κ2) is 6.62. The fourth-order valence-corrected chi connectivity index (χ4v) is 2.24. The lowest BCUT2D eigenvalue weighted by Crippen LogP contribution is -2.42. The predicted molar refractivity (Wildman–Crippen MR) is 87.9 cm³/mol. The lowest BCUT2D eigenvalue weighted by atomic mass is 10.2. The highest BCUT2D eigenvalue weighted by Crippen LogP contribution is 2.30. The van der Waals surface area contributed by atoms with Crippen LogP contribution < -0.4 is 10.1 Å². The van der Waals surface area contributed by atoms with E-state index in [9.17, 15) is 9.59 Å². The van der Waals surface area contributed by atoms with Crippen molar-refractivity contribution in [2.24, 2.45) is 0 Å². The van der Waals surface area contributed by atoms with Crippen LogP contribution in [0.4, 0.5) is 5.69 Å². The summed E-state index contributed by atoms with van der Waals surface area (Å²) in [7, 11) is 0. The summed E-state index contributed by atoms with van der Waals surface area (Å²) < 4.78 is 16.6. The number of cyclic esters (lactones) is 2. The number of carbonyl (C=O) groups excluding carboxylic acids is 2. The van der Waals surface area contributed by atoms with Crippen molar-refractivity contribution in [3.05, 3.63) is 34.4 Å². The van der Waals surface area contributed by atoms with E-state index in [1.54, 1.807) is 12.1 Å². The Kier molecular flexibility index (Phi) is 4.99. The van der Waals surface area contributed by atoms with Crippen LogP contribution in [0.15, 0.2) is 34.4 Å². The molecule has 0 atom stereocenters. The molecule has 0 aromatic heterocycles. The monoisotopic (exact) mass is 383 g/mol. The van der Waals surface area contributed by atoms with E-state index in [0.29, 0.717) is 11.4 Å². The van der Waals surface area contributed by atoms with Crippen molar-refractivity contribution in [1.82, 2.24) is 0 Å². The quantitative estimate of drug-likeness (QED) is 0.488. The lowest BCUT2D eigenvalue weighted by Gasteiger charge is -2.29. The molecule has 23 heavy (non-hydrogen) atoms. The molecule has 1 aliphatic heterocycles. The number of hydrogen-bond donors (Lipinski definition) is 1. The van der Waals surface area contributed by atoms with Crippen LogP contribution in [0, 0.1) is 0 Å². The fourth-order valence-electron chi connectivity index (χ4n) is 1.90. The molecular weight excluding hydrogens is 366 g/mol. The van der Waals surface area contributed by atoms with E-state index in [2.05, 4.69) is 21.2 Å². The van der Waals surface area contributed by atoms with Crippen LogP contribution in [0.1, 0.15) is 27.7 Å². The SMILES string of the molecule is CC(C)Oc1cc(Br)ccc1NC=C1C(=O)OC(C)(C)OC1=O. The van der Waals surface area contributed by atoms with Gasteiger partial charge in [-0.3, -0.25) is 0 Å². The van der Waals surface area contributed by atoms with Crippen LogP contribution in [0.5, 0.6) is 5.75 Å². The van der Waals surface area contributed by atoms with E-state index in [4.69, 9.17) is 14.2 Å². The summed E-state index contributed by atoms with van der Waals surface area (Å²) in [6.07, 6.45) is 1.24. The molecule has 0 unspecified atom stereocenters. The molecule has 7 heteroatoms. The minimum Gasteiger partial charge on any atom is -0.489 e. The average molecular weight is 384 g/mol. The molecule has 2 rings (SSSR count). The van der Waals surface area contributed by atoms with Crippen molar-refractivity contribution in [3.63, 3.8) is 0 Å². The maximum Gasteiger partial charge on any atom is 0.350 e. The van der Waals surface area contributed by atoms with E-state index in [1.807, 2.05) is 19.9 Å². The summed E-state index contributed by atoms with van der Waals surface area (Å²) in [5.74, 6) is -2.14. The standard InChI is InChI=1S/C16H18BrNO5/c1-9(2)21-13-7-10(17)5-6-12(13)18-8-11-14(19)22-16(3,4)23-15(11)20/h5-9,18H,1-4H3. The molecule has 1 aromatic rings. The molecule has 1 fully saturated rings. The Bertz CT molecular complexity index is 644.